The van der Waals surface area contributed by atoms with E-state index in [1.807, 2.05) is 29.6 Å². The number of pyridine rings is 1. The first-order chi connectivity index (χ1) is 11.7. The molecule has 5 nitrogen and oxygen atoms in total. The molecule has 0 aliphatic carbocycles. The zero-order valence-corrected chi connectivity index (χ0v) is 14.9. The number of thioether (sulfide) groups is 1. The third-order valence-electron chi connectivity index (χ3n) is 3.34. The Hall–Kier alpha value is -2.25. The van der Waals surface area contributed by atoms with Gasteiger partial charge in [0.25, 0.3) is 5.03 Å². The van der Waals surface area contributed by atoms with E-state index in [0.717, 1.165) is 21.0 Å². The number of nitrogens with zero attached hydrogens (tertiary/aromatic N) is 2. The maximum atomic E-state index is 11.7. The highest BCUT2D eigenvalue weighted by atomic mass is 32.2. The van der Waals surface area contributed by atoms with Crippen LogP contribution in [-0.2, 0) is 5.75 Å². The molecule has 0 aliphatic heterocycles. The van der Waals surface area contributed by atoms with Crippen LogP contribution >= 0.6 is 23.1 Å². The minimum absolute atomic E-state index is 0.634. The van der Waals surface area contributed by atoms with Gasteiger partial charge in [0.05, 0.1) is 25.5 Å². The summed E-state index contributed by atoms with van der Waals surface area (Å²) in [7, 11) is 3.23. The van der Waals surface area contributed by atoms with E-state index >= 15 is 0 Å². The third kappa shape index (κ3) is 3.47. The second-order valence-corrected chi connectivity index (χ2v) is 6.69. The molecule has 3 rings (SSSR count). The molecule has 0 fully saturated rings. The fourth-order valence-electron chi connectivity index (χ4n) is 2.22. The fraction of sp³-hybridized carbons (Fsp3) is 0.176. The van der Waals surface area contributed by atoms with Gasteiger partial charge in [0, 0.05) is 23.3 Å². The van der Waals surface area contributed by atoms with Crippen molar-refractivity contribution in [3.05, 3.63) is 58.9 Å². The summed E-state index contributed by atoms with van der Waals surface area (Å²) in [5, 5.41) is 15.2. The van der Waals surface area contributed by atoms with E-state index in [4.69, 9.17) is 9.47 Å². The molecule has 2 aromatic heterocycles. The summed E-state index contributed by atoms with van der Waals surface area (Å²) in [6.07, 6.45) is 1.50. The molecule has 2 heterocycles. The van der Waals surface area contributed by atoms with Crippen molar-refractivity contribution in [1.82, 2.24) is 4.98 Å². The van der Waals surface area contributed by atoms with Crippen molar-refractivity contribution in [2.45, 2.75) is 10.8 Å². The van der Waals surface area contributed by atoms with Gasteiger partial charge in [0.15, 0.2) is 17.7 Å². The zero-order valence-electron chi connectivity index (χ0n) is 13.3. The molecule has 0 bridgehead atoms. The highest BCUT2D eigenvalue weighted by molar-refractivity contribution is 7.98. The molecular weight excluding hydrogens is 344 g/mol. The standard InChI is InChI=1S/C17H16N2O3S2/c1-21-14-7-5-6-13(16(14)22-2)17-18-12(11-24-17)10-23-15-8-3-4-9-19(15)20/h3-9,11H,10H2,1-2H3. The molecule has 0 spiro atoms. The predicted octanol–water partition coefficient (Wildman–Crippen LogP) is 3.75. The number of ether oxygens (including phenoxy) is 2. The molecule has 24 heavy (non-hydrogen) atoms. The lowest BCUT2D eigenvalue weighted by Gasteiger charge is -2.10. The first-order valence-corrected chi connectivity index (χ1v) is 9.06. The van der Waals surface area contributed by atoms with Crippen molar-refractivity contribution in [2.75, 3.05) is 14.2 Å². The number of benzene rings is 1. The molecule has 3 aromatic rings. The molecule has 124 valence electrons. The number of thiazole rings is 1. The van der Waals surface area contributed by atoms with Gasteiger partial charge in [-0.05, 0) is 30.0 Å². The van der Waals surface area contributed by atoms with Gasteiger partial charge in [-0.2, -0.15) is 4.73 Å². The zero-order chi connectivity index (χ0) is 16.9. The molecule has 0 N–H and O–H groups in total. The number of hydrogen-bond donors (Lipinski definition) is 0. The van der Waals surface area contributed by atoms with Crippen LogP contribution in [0.4, 0.5) is 0 Å². The Morgan fingerprint density at radius 2 is 2.04 bits per heavy atom. The lowest BCUT2D eigenvalue weighted by molar-refractivity contribution is -0.645. The average Bonchev–Trinajstić information content (AvgIpc) is 3.09. The van der Waals surface area contributed by atoms with Crippen molar-refractivity contribution >= 4 is 23.1 Å². The van der Waals surface area contributed by atoms with E-state index in [2.05, 4.69) is 4.98 Å². The molecule has 1 aromatic carbocycles. The Kier molecular flexibility index (Phi) is 5.22. The van der Waals surface area contributed by atoms with Gasteiger partial charge in [0.1, 0.15) is 5.01 Å². The molecule has 7 heteroatoms. The van der Waals surface area contributed by atoms with Crippen LogP contribution in [0, 0.1) is 5.21 Å². The first kappa shape index (κ1) is 16.6. The monoisotopic (exact) mass is 360 g/mol. The normalized spacial score (nSPS) is 10.6. The molecule has 0 aliphatic rings. The third-order valence-corrected chi connectivity index (χ3v) is 5.32. The van der Waals surface area contributed by atoms with Crippen LogP contribution in [0.3, 0.4) is 0 Å². The summed E-state index contributed by atoms with van der Waals surface area (Å²) in [4.78, 5) is 4.66. The Bertz CT molecular complexity index is 836. The van der Waals surface area contributed by atoms with Gasteiger partial charge in [0.2, 0.25) is 0 Å². The van der Waals surface area contributed by atoms with E-state index in [0.29, 0.717) is 22.3 Å². The Balaban J connectivity index is 1.80. The summed E-state index contributed by atoms with van der Waals surface area (Å²) in [6, 6.07) is 11.1. The minimum Gasteiger partial charge on any atom is -0.618 e. The van der Waals surface area contributed by atoms with Crippen molar-refractivity contribution in [3.63, 3.8) is 0 Å². The van der Waals surface area contributed by atoms with Crippen LogP contribution in [0.5, 0.6) is 11.5 Å². The first-order valence-electron chi connectivity index (χ1n) is 7.19. The lowest BCUT2D eigenvalue weighted by Crippen LogP contribution is -2.27. The van der Waals surface area contributed by atoms with E-state index in [9.17, 15) is 5.21 Å². The molecule has 0 saturated heterocycles. The lowest BCUT2D eigenvalue weighted by atomic mass is 10.2. The highest BCUT2D eigenvalue weighted by Crippen LogP contribution is 2.39. The number of para-hydroxylation sites is 1. The summed E-state index contributed by atoms with van der Waals surface area (Å²) < 4.78 is 11.7. The van der Waals surface area contributed by atoms with E-state index in [-0.39, 0.29) is 0 Å². The fourth-order valence-corrected chi connectivity index (χ4v) is 3.98. The highest BCUT2D eigenvalue weighted by Gasteiger charge is 2.15. The van der Waals surface area contributed by atoms with Crippen LogP contribution in [-0.4, -0.2) is 19.2 Å². The molecule has 0 saturated carbocycles. The maximum Gasteiger partial charge on any atom is 0.251 e. The van der Waals surface area contributed by atoms with Gasteiger partial charge < -0.3 is 14.7 Å². The van der Waals surface area contributed by atoms with Crippen molar-refractivity contribution in [3.8, 4) is 22.1 Å². The van der Waals surface area contributed by atoms with Gasteiger partial charge in [-0.15, -0.1) is 11.3 Å². The quantitative estimate of drug-likeness (QED) is 0.381. The van der Waals surface area contributed by atoms with E-state index < -0.39 is 0 Å². The summed E-state index contributed by atoms with van der Waals surface area (Å²) in [6.45, 7) is 0. The molecule has 0 radical (unpaired) electrons. The molecule has 0 amide bonds. The van der Waals surface area contributed by atoms with Crippen LogP contribution in [0.15, 0.2) is 53.0 Å². The Morgan fingerprint density at radius 3 is 2.79 bits per heavy atom. The summed E-state index contributed by atoms with van der Waals surface area (Å²) in [5.74, 6) is 1.99. The number of aromatic nitrogens is 2. The van der Waals surface area contributed by atoms with Crippen molar-refractivity contribution < 1.29 is 14.2 Å². The van der Waals surface area contributed by atoms with Crippen LogP contribution in [0.1, 0.15) is 5.69 Å². The molecule has 0 unspecified atom stereocenters. The minimum atomic E-state index is 0.634. The molecular formula is C17H16N2O3S2. The van der Waals surface area contributed by atoms with Gasteiger partial charge in [-0.3, -0.25) is 0 Å². The SMILES string of the molecule is COc1cccc(-c2nc(CSc3cccc[n+]3[O-])cs2)c1OC. The van der Waals surface area contributed by atoms with Gasteiger partial charge >= 0.3 is 0 Å². The van der Waals surface area contributed by atoms with E-state index in [1.165, 1.54) is 18.0 Å². The van der Waals surface area contributed by atoms with Gasteiger partial charge in [-0.1, -0.05) is 6.07 Å². The number of methoxy groups -OCH3 is 2. The van der Waals surface area contributed by atoms with E-state index in [1.54, 1.807) is 37.7 Å². The van der Waals surface area contributed by atoms with Crippen molar-refractivity contribution in [2.24, 2.45) is 0 Å². The smallest absolute Gasteiger partial charge is 0.251 e. The number of hydrogen-bond acceptors (Lipinski definition) is 6. The number of rotatable bonds is 6. The van der Waals surface area contributed by atoms with Gasteiger partial charge in [-0.25, -0.2) is 4.98 Å². The van der Waals surface area contributed by atoms with Crippen LogP contribution in [0.2, 0.25) is 0 Å². The summed E-state index contributed by atoms with van der Waals surface area (Å²) >= 11 is 3.01. The maximum absolute atomic E-state index is 11.7. The second-order valence-electron chi connectivity index (χ2n) is 4.84. The Labute approximate surface area is 148 Å². The largest absolute Gasteiger partial charge is 0.618 e. The molecule has 0 atom stereocenters. The van der Waals surface area contributed by atoms with Crippen molar-refractivity contribution in [1.29, 1.82) is 0 Å². The summed E-state index contributed by atoms with van der Waals surface area (Å²) in [5.41, 5.74) is 1.82. The average molecular weight is 360 g/mol. The topological polar surface area (TPSA) is 58.3 Å². The van der Waals surface area contributed by atoms with Crippen LogP contribution < -0.4 is 14.2 Å². The second kappa shape index (κ2) is 7.55. The van der Waals surface area contributed by atoms with Crippen LogP contribution in [0.25, 0.3) is 10.6 Å². The Morgan fingerprint density at radius 1 is 1.17 bits per heavy atom. The predicted molar refractivity (Wildman–Crippen MR) is 95.6 cm³/mol.